The largest absolute Gasteiger partial charge is 0.490 e. The normalized spacial score (nSPS) is 14.1. The lowest BCUT2D eigenvalue weighted by Crippen LogP contribution is -2.23. The zero-order chi connectivity index (χ0) is 17.6. The molecule has 1 aliphatic rings. The van der Waals surface area contributed by atoms with Crippen LogP contribution in [0, 0.1) is 11.6 Å². The van der Waals surface area contributed by atoms with Gasteiger partial charge in [-0.1, -0.05) is 0 Å². The summed E-state index contributed by atoms with van der Waals surface area (Å²) < 4.78 is 37.8. The molecule has 0 amide bonds. The number of nitrogens with two attached hydrogens (primary N) is 1. The van der Waals surface area contributed by atoms with Crippen molar-refractivity contribution >= 4 is 11.6 Å². The van der Waals surface area contributed by atoms with Gasteiger partial charge in [-0.25, -0.2) is 8.78 Å². The van der Waals surface area contributed by atoms with Crippen molar-refractivity contribution in [1.82, 2.24) is 0 Å². The Bertz CT molecular complexity index is 781. The van der Waals surface area contributed by atoms with E-state index in [4.69, 9.17) is 15.2 Å². The topological polar surface area (TPSA) is 68.9 Å². The SMILES string of the molecule is NC(=NCCc1cc(F)ccc1F)Nc1ccc2c(c1)OCCCO2. The highest BCUT2D eigenvalue weighted by Gasteiger charge is 2.11. The summed E-state index contributed by atoms with van der Waals surface area (Å²) in [5.41, 5.74) is 6.82. The minimum absolute atomic E-state index is 0.186. The first-order chi connectivity index (χ1) is 12.1. The van der Waals surface area contributed by atoms with Crippen LogP contribution >= 0.6 is 0 Å². The minimum atomic E-state index is -0.473. The summed E-state index contributed by atoms with van der Waals surface area (Å²) in [5, 5.41) is 2.95. The lowest BCUT2D eigenvalue weighted by atomic mass is 10.1. The molecule has 1 aliphatic heterocycles. The summed E-state index contributed by atoms with van der Waals surface area (Å²) in [7, 11) is 0. The predicted molar refractivity (Wildman–Crippen MR) is 92.2 cm³/mol. The Hall–Kier alpha value is -2.83. The maximum atomic E-state index is 13.5. The van der Waals surface area contributed by atoms with Crippen molar-refractivity contribution in [1.29, 1.82) is 0 Å². The molecule has 3 N–H and O–H groups in total. The summed E-state index contributed by atoms with van der Waals surface area (Å²) in [6.07, 6.45) is 1.09. The molecule has 0 radical (unpaired) electrons. The van der Waals surface area contributed by atoms with Crippen LogP contribution in [0.3, 0.4) is 0 Å². The Kier molecular flexibility index (Phi) is 5.33. The van der Waals surface area contributed by atoms with E-state index in [1.165, 1.54) is 0 Å². The van der Waals surface area contributed by atoms with E-state index in [0.29, 0.717) is 30.4 Å². The highest BCUT2D eigenvalue weighted by molar-refractivity contribution is 5.92. The molecular weight excluding hydrogens is 328 g/mol. The molecule has 1 heterocycles. The van der Waals surface area contributed by atoms with Gasteiger partial charge in [-0.05, 0) is 42.3 Å². The van der Waals surface area contributed by atoms with Gasteiger partial charge in [0.05, 0.1) is 13.2 Å². The second-order valence-corrected chi connectivity index (χ2v) is 5.59. The van der Waals surface area contributed by atoms with Gasteiger partial charge >= 0.3 is 0 Å². The van der Waals surface area contributed by atoms with Crippen LogP contribution in [0.25, 0.3) is 0 Å². The molecule has 132 valence electrons. The maximum absolute atomic E-state index is 13.5. The van der Waals surface area contributed by atoms with Crippen LogP contribution < -0.4 is 20.5 Å². The molecule has 25 heavy (non-hydrogen) atoms. The number of nitrogens with one attached hydrogen (secondary N) is 1. The third-order valence-corrected chi connectivity index (χ3v) is 3.69. The molecule has 0 atom stereocenters. The van der Waals surface area contributed by atoms with Crippen molar-refractivity contribution in [2.75, 3.05) is 25.1 Å². The molecule has 0 saturated heterocycles. The third kappa shape index (κ3) is 4.59. The molecule has 0 saturated carbocycles. The number of halogens is 2. The van der Waals surface area contributed by atoms with Gasteiger partial charge < -0.3 is 20.5 Å². The van der Waals surface area contributed by atoms with Crippen molar-refractivity contribution < 1.29 is 18.3 Å². The van der Waals surface area contributed by atoms with E-state index in [1.54, 1.807) is 12.1 Å². The summed E-state index contributed by atoms with van der Waals surface area (Å²) in [6.45, 7) is 1.46. The van der Waals surface area contributed by atoms with Crippen molar-refractivity contribution in [2.24, 2.45) is 10.7 Å². The quantitative estimate of drug-likeness (QED) is 0.659. The van der Waals surface area contributed by atoms with E-state index in [9.17, 15) is 8.78 Å². The second-order valence-electron chi connectivity index (χ2n) is 5.59. The van der Waals surface area contributed by atoms with E-state index in [1.807, 2.05) is 6.07 Å². The first-order valence-electron chi connectivity index (χ1n) is 8.02. The summed E-state index contributed by atoms with van der Waals surface area (Å²) in [6, 6.07) is 8.75. The van der Waals surface area contributed by atoms with Gasteiger partial charge in [-0.2, -0.15) is 0 Å². The number of benzene rings is 2. The highest BCUT2D eigenvalue weighted by Crippen LogP contribution is 2.32. The number of fused-ring (bicyclic) bond motifs is 1. The van der Waals surface area contributed by atoms with Crippen LogP contribution in [0.5, 0.6) is 11.5 Å². The number of hydrogen-bond acceptors (Lipinski definition) is 3. The molecule has 5 nitrogen and oxygen atoms in total. The first kappa shape index (κ1) is 17.0. The third-order valence-electron chi connectivity index (χ3n) is 3.69. The fourth-order valence-electron chi connectivity index (χ4n) is 2.46. The molecule has 0 unspecified atom stereocenters. The average Bonchev–Trinajstić information content (AvgIpc) is 2.83. The highest BCUT2D eigenvalue weighted by atomic mass is 19.1. The number of aliphatic imine (C=N–C) groups is 1. The molecule has 0 fully saturated rings. The van der Waals surface area contributed by atoms with Gasteiger partial charge in [0.2, 0.25) is 0 Å². The first-order valence-corrected chi connectivity index (χ1v) is 8.02. The Morgan fingerprint density at radius 2 is 1.88 bits per heavy atom. The van der Waals surface area contributed by atoms with E-state index < -0.39 is 11.6 Å². The lowest BCUT2D eigenvalue weighted by molar-refractivity contribution is 0.297. The number of guanidine groups is 1. The smallest absolute Gasteiger partial charge is 0.193 e. The van der Waals surface area contributed by atoms with Crippen LogP contribution in [-0.4, -0.2) is 25.7 Å². The Balaban J connectivity index is 1.60. The monoisotopic (exact) mass is 347 g/mol. The van der Waals surface area contributed by atoms with Gasteiger partial charge in [0.15, 0.2) is 17.5 Å². The Morgan fingerprint density at radius 1 is 1.08 bits per heavy atom. The number of anilines is 1. The number of ether oxygens (including phenoxy) is 2. The summed E-state index contributed by atoms with van der Waals surface area (Å²) >= 11 is 0. The van der Waals surface area contributed by atoms with E-state index in [-0.39, 0.29) is 24.5 Å². The van der Waals surface area contributed by atoms with Crippen molar-refractivity contribution in [3.8, 4) is 11.5 Å². The molecule has 2 aromatic rings. The molecule has 0 spiro atoms. The Morgan fingerprint density at radius 3 is 2.72 bits per heavy atom. The molecule has 3 rings (SSSR count). The van der Waals surface area contributed by atoms with Crippen LogP contribution in [0.4, 0.5) is 14.5 Å². The van der Waals surface area contributed by atoms with Gasteiger partial charge in [-0.3, -0.25) is 4.99 Å². The van der Waals surface area contributed by atoms with Gasteiger partial charge in [0, 0.05) is 24.7 Å². The number of nitrogens with zero attached hydrogens (tertiary/aromatic N) is 1. The fraction of sp³-hybridized carbons (Fsp3) is 0.278. The minimum Gasteiger partial charge on any atom is -0.490 e. The predicted octanol–water partition coefficient (Wildman–Crippen LogP) is 3.10. The second kappa shape index (κ2) is 7.83. The van der Waals surface area contributed by atoms with E-state index in [2.05, 4.69) is 10.3 Å². The molecule has 2 aromatic carbocycles. The lowest BCUT2D eigenvalue weighted by Gasteiger charge is -2.10. The van der Waals surface area contributed by atoms with Crippen LogP contribution in [-0.2, 0) is 6.42 Å². The fourth-order valence-corrected chi connectivity index (χ4v) is 2.46. The van der Waals surface area contributed by atoms with E-state index in [0.717, 1.165) is 24.6 Å². The van der Waals surface area contributed by atoms with Crippen LogP contribution in [0.1, 0.15) is 12.0 Å². The summed E-state index contributed by atoms with van der Waals surface area (Å²) in [5.74, 6) is 0.605. The number of hydrogen-bond donors (Lipinski definition) is 2. The molecule has 7 heteroatoms. The molecular formula is C18H19F2N3O2. The molecule has 0 aliphatic carbocycles. The molecule has 0 bridgehead atoms. The molecule has 0 aromatic heterocycles. The maximum Gasteiger partial charge on any atom is 0.193 e. The van der Waals surface area contributed by atoms with Gasteiger partial charge in [0.25, 0.3) is 0 Å². The van der Waals surface area contributed by atoms with E-state index >= 15 is 0 Å². The zero-order valence-electron chi connectivity index (χ0n) is 13.6. The van der Waals surface area contributed by atoms with Crippen molar-refractivity contribution in [3.05, 3.63) is 53.6 Å². The van der Waals surface area contributed by atoms with Crippen LogP contribution in [0.2, 0.25) is 0 Å². The number of rotatable bonds is 4. The zero-order valence-corrected chi connectivity index (χ0v) is 13.6. The van der Waals surface area contributed by atoms with Gasteiger partial charge in [0.1, 0.15) is 11.6 Å². The van der Waals surface area contributed by atoms with Crippen molar-refractivity contribution in [3.63, 3.8) is 0 Å². The van der Waals surface area contributed by atoms with Crippen molar-refractivity contribution in [2.45, 2.75) is 12.8 Å². The van der Waals surface area contributed by atoms with Gasteiger partial charge in [-0.15, -0.1) is 0 Å². The average molecular weight is 347 g/mol. The standard InChI is InChI=1S/C18H19F2N3O2/c19-13-2-4-15(20)12(10-13)6-7-22-18(21)23-14-3-5-16-17(11-14)25-9-1-8-24-16/h2-5,10-11H,1,6-9H2,(H3,21,22,23). The summed E-state index contributed by atoms with van der Waals surface area (Å²) in [4.78, 5) is 4.14. The van der Waals surface area contributed by atoms with Crippen LogP contribution in [0.15, 0.2) is 41.4 Å². The Labute approximate surface area is 144 Å².